The molecule has 2 rings (SSSR count). The first-order chi connectivity index (χ1) is 11.8. The highest BCUT2D eigenvalue weighted by molar-refractivity contribution is 7.98. The van der Waals surface area contributed by atoms with Gasteiger partial charge in [0.25, 0.3) is 0 Å². The van der Waals surface area contributed by atoms with Gasteiger partial charge in [0.05, 0.1) is 0 Å². The zero-order valence-electron chi connectivity index (χ0n) is 13.1. The monoisotopic (exact) mass is 365 g/mol. The Hall–Kier alpha value is -2.54. The fraction of sp³-hybridized carbons (Fsp3) is 0.111. The molecule has 130 valence electrons. The number of ketones is 1. The molecular formula is C18H14F3NO2S. The maximum atomic E-state index is 12.2. The minimum absolute atomic E-state index is 0.0319. The molecule has 25 heavy (non-hydrogen) atoms. The first-order valence-electron chi connectivity index (χ1n) is 7.14. The molecule has 0 unspecified atom stereocenters. The van der Waals surface area contributed by atoms with E-state index in [1.807, 2.05) is 30.5 Å². The van der Waals surface area contributed by atoms with Crippen LogP contribution in [0.5, 0.6) is 0 Å². The topological polar surface area (TPSA) is 46.2 Å². The fourth-order valence-corrected chi connectivity index (χ4v) is 2.31. The van der Waals surface area contributed by atoms with Crippen molar-refractivity contribution in [1.29, 1.82) is 0 Å². The largest absolute Gasteiger partial charge is 0.471 e. The number of hydrogen-bond acceptors (Lipinski definition) is 3. The maximum absolute atomic E-state index is 12.2. The third-order valence-corrected chi connectivity index (χ3v) is 3.97. The summed E-state index contributed by atoms with van der Waals surface area (Å²) in [6.45, 7) is 0. The first kappa shape index (κ1) is 18.8. The minimum atomic E-state index is -4.96. The maximum Gasteiger partial charge on any atom is 0.471 e. The van der Waals surface area contributed by atoms with Crippen molar-refractivity contribution < 1.29 is 22.8 Å². The third kappa shape index (κ3) is 5.49. The van der Waals surface area contributed by atoms with Crippen LogP contribution in [-0.2, 0) is 4.79 Å². The van der Waals surface area contributed by atoms with Gasteiger partial charge in [-0.2, -0.15) is 13.2 Å². The van der Waals surface area contributed by atoms with Crippen LogP contribution in [0.1, 0.15) is 15.9 Å². The predicted molar refractivity (Wildman–Crippen MR) is 92.7 cm³/mol. The molecule has 3 nitrogen and oxygen atoms in total. The molecule has 0 radical (unpaired) electrons. The molecule has 1 amide bonds. The second kappa shape index (κ2) is 8.02. The number of carbonyl (C=O) groups is 2. The Kier molecular flexibility index (Phi) is 6.03. The van der Waals surface area contributed by atoms with Crippen molar-refractivity contribution in [1.82, 2.24) is 0 Å². The molecule has 0 aliphatic carbocycles. The van der Waals surface area contributed by atoms with Gasteiger partial charge in [-0.25, -0.2) is 0 Å². The van der Waals surface area contributed by atoms with Crippen LogP contribution in [-0.4, -0.2) is 24.1 Å². The highest BCUT2D eigenvalue weighted by Gasteiger charge is 2.38. The zero-order chi connectivity index (χ0) is 18.4. The van der Waals surface area contributed by atoms with Crippen LogP contribution in [0, 0.1) is 0 Å². The summed E-state index contributed by atoms with van der Waals surface area (Å²) in [7, 11) is 0. The van der Waals surface area contributed by atoms with Gasteiger partial charge in [-0.05, 0) is 54.3 Å². The van der Waals surface area contributed by atoms with Crippen molar-refractivity contribution in [3.05, 3.63) is 65.7 Å². The number of hydrogen-bond donors (Lipinski definition) is 1. The van der Waals surface area contributed by atoms with E-state index in [4.69, 9.17) is 0 Å². The molecule has 0 heterocycles. The minimum Gasteiger partial charge on any atom is -0.318 e. The summed E-state index contributed by atoms with van der Waals surface area (Å²) >= 11 is 1.61. The van der Waals surface area contributed by atoms with E-state index in [9.17, 15) is 22.8 Å². The van der Waals surface area contributed by atoms with Crippen molar-refractivity contribution in [3.8, 4) is 0 Å². The Morgan fingerprint density at radius 1 is 1.00 bits per heavy atom. The molecule has 0 bridgehead atoms. The molecule has 0 saturated heterocycles. The van der Waals surface area contributed by atoms with E-state index in [0.717, 1.165) is 10.5 Å². The van der Waals surface area contributed by atoms with Crippen molar-refractivity contribution in [2.24, 2.45) is 0 Å². The molecule has 0 spiro atoms. The van der Waals surface area contributed by atoms with E-state index < -0.39 is 12.1 Å². The molecule has 7 heteroatoms. The summed E-state index contributed by atoms with van der Waals surface area (Å²) in [6, 6.07) is 12.8. The molecule has 0 saturated carbocycles. The first-order valence-corrected chi connectivity index (χ1v) is 8.37. The number of allylic oxidation sites excluding steroid dienone is 1. The average molecular weight is 365 g/mol. The van der Waals surface area contributed by atoms with Gasteiger partial charge in [0.1, 0.15) is 0 Å². The van der Waals surface area contributed by atoms with E-state index in [1.165, 1.54) is 30.3 Å². The van der Waals surface area contributed by atoms with Gasteiger partial charge in [0.2, 0.25) is 0 Å². The Morgan fingerprint density at radius 2 is 1.60 bits per heavy atom. The number of benzene rings is 2. The SMILES string of the molecule is CSc1ccc(/C=C/C(=O)c2ccc(NC(=O)C(F)(F)F)cc2)cc1. The lowest BCUT2D eigenvalue weighted by molar-refractivity contribution is -0.167. The summed E-state index contributed by atoms with van der Waals surface area (Å²) in [5.74, 6) is -2.34. The van der Waals surface area contributed by atoms with Gasteiger partial charge in [-0.15, -0.1) is 11.8 Å². The second-order valence-electron chi connectivity index (χ2n) is 5.00. The van der Waals surface area contributed by atoms with Gasteiger partial charge in [-0.3, -0.25) is 9.59 Å². The fourth-order valence-electron chi connectivity index (χ4n) is 1.90. The Bertz CT molecular complexity index is 781. The number of nitrogens with one attached hydrogen (secondary N) is 1. The number of amides is 1. The molecular weight excluding hydrogens is 351 g/mol. The van der Waals surface area contributed by atoms with Crippen LogP contribution in [0.2, 0.25) is 0 Å². The van der Waals surface area contributed by atoms with Crippen molar-refractivity contribution in [2.75, 3.05) is 11.6 Å². The molecule has 2 aromatic rings. The van der Waals surface area contributed by atoms with E-state index in [0.29, 0.717) is 5.56 Å². The summed E-state index contributed by atoms with van der Waals surface area (Å²) in [5, 5.41) is 1.72. The highest BCUT2D eigenvalue weighted by Crippen LogP contribution is 2.19. The van der Waals surface area contributed by atoms with E-state index in [2.05, 4.69) is 0 Å². The van der Waals surface area contributed by atoms with Crippen LogP contribution < -0.4 is 5.32 Å². The Balaban J connectivity index is 2.02. The number of carbonyl (C=O) groups excluding carboxylic acids is 2. The Morgan fingerprint density at radius 3 is 2.12 bits per heavy atom. The Labute approximate surface area is 146 Å². The van der Waals surface area contributed by atoms with E-state index in [-0.39, 0.29) is 11.5 Å². The second-order valence-corrected chi connectivity index (χ2v) is 5.88. The van der Waals surface area contributed by atoms with E-state index >= 15 is 0 Å². The van der Waals surface area contributed by atoms with Gasteiger partial charge >= 0.3 is 12.1 Å². The van der Waals surface area contributed by atoms with Gasteiger partial charge in [0.15, 0.2) is 5.78 Å². The molecule has 0 fully saturated rings. The number of anilines is 1. The predicted octanol–water partition coefficient (Wildman–Crippen LogP) is 4.81. The van der Waals surface area contributed by atoms with E-state index in [1.54, 1.807) is 23.2 Å². The summed E-state index contributed by atoms with van der Waals surface area (Å²) < 4.78 is 36.5. The summed E-state index contributed by atoms with van der Waals surface area (Å²) in [5.41, 5.74) is 1.14. The van der Waals surface area contributed by atoms with Gasteiger partial charge < -0.3 is 5.32 Å². The molecule has 0 aromatic heterocycles. The lowest BCUT2D eigenvalue weighted by Gasteiger charge is -2.07. The lowest BCUT2D eigenvalue weighted by Crippen LogP contribution is -2.29. The number of thioether (sulfide) groups is 1. The van der Waals surface area contributed by atoms with Gasteiger partial charge in [0, 0.05) is 16.1 Å². The van der Waals surface area contributed by atoms with Crippen molar-refractivity contribution in [3.63, 3.8) is 0 Å². The smallest absolute Gasteiger partial charge is 0.318 e. The standard InChI is InChI=1S/C18H14F3NO2S/c1-25-15-9-2-12(3-10-15)4-11-16(23)13-5-7-14(8-6-13)22-17(24)18(19,20)21/h2-11H,1H3,(H,22,24)/b11-4+. The number of alkyl halides is 3. The lowest BCUT2D eigenvalue weighted by atomic mass is 10.1. The van der Waals surface area contributed by atoms with Crippen LogP contribution in [0.3, 0.4) is 0 Å². The average Bonchev–Trinajstić information content (AvgIpc) is 2.60. The number of rotatable bonds is 5. The third-order valence-electron chi connectivity index (χ3n) is 3.23. The van der Waals surface area contributed by atoms with Crippen molar-refractivity contribution in [2.45, 2.75) is 11.1 Å². The van der Waals surface area contributed by atoms with Crippen molar-refractivity contribution >= 4 is 35.2 Å². The molecule has 2 aromatic carbocycles. The molecule has 0 atom stereocenters. The zero-order valence-corrected chi connectivity index (χ0v) is 13.9. The number of halogens is 3. The van der Waals surface area contributed by atoms with Crippen LogP contribution in [0.15, 0.2) is 59.5 Å². The molecule has 0 aliphatic heterocycles. The van der Waals surface area contributed by atoms with Crippen LogP contribution >= 0.6 is 11.8 Å². The van der Waals surface area contributed by atoms with Crippen LogP contribution in [0.25, 0.3) is 6.08 Å². The summed E-state index contributed by atoms with van der Waals surface area (Å²) in [6.07, 6.45) is 0.0570. The highest BCUT2D eigenvalue weighted by atomic mass is 32.2. The summed E-state index contributed by atoms with van der Waals surface area (Å²) in [4.78, 5) is 24.0. The molecule has 1 N–H and O–H groups in total. The van der Waals surface area contributed by atoms with Crippen LogP contribution in [0.4, 0.5) is 18.9 Å². The van der Waals surface area contributed by atoms with Gasteiger partial charge in [-0.1, -0.05) is 18.2 Å². The molecule has 0 aliphatic rings. The normalized spacial score (nSPS) is 11.5. The quantitative estimate of drug-likeness (QED) is 0.470.